The maximum absolute atomic E-state index is 13.0. The van der Waals surface area contributed by atoms with Crippen LogP contribution in [0.1, 0.15) is 53.8 Å². The number of benzene rings is 2. The van der Waals surface area contributed by atoms with Gasteiger partial charge in [0, 0.05) is 30.6 Å². The lowest BCUT2D eigenvalue weighted by atomic mass is 9.90. The van der Waals surface area contributed by atoms with Gasteiger partial charge in [-0.3, -0.25) is 14.5 Å². The Morgan fingerprint density at radius 2 is 1.76 bits per heavy atom. The monoisotopic (exact) mass is 503 g/mol. The Hall–Kier alpha value is -3.62. The topological polar surface area (TPSA) is 107 Å². The summed E-state index contributed by atoms with van der Waals surface area (Å²) < 4.78 is 18.2. The molecule has 0 radical (unpaired) electrons. The van der Waals surface area contributed by atoms with Crippen LogP contribution in [0, 0.1) is 0 Å². The predicted molar refractivity (Wildman–Crippen MR) is 138 cm³/mol. The fourth-order valence-corrected chi connectivity index (χ4v) is 5.03. The molecule has 0 aliphatic carbocycles. The van der Waals surface area contributed by atoms with Crippen LogP contribution in [-0.4, -0.2) is 41.9 Å². The van der Waals surface area contributed by atoms with Crippen LogP contribution < -0.4 is 15.8 Å². The van der Waals surface area contributed by atoms with Crippen molar-refractivity contribution in [3.8, 4) is 11.5 Å². The van der Waals surface area contributed by atoms with Gasteiger partial charge in [0.05, 0.1) is 25.2 Å². The first kappa shape index (κ1) is 25.0. The van der Waals surface area contributed by atoms with Crippen molar-refractivity contribution in [3.05, 3.63) is 82.8 Å². The number of carbonyl (C=O) groups excluding carboxylic acids is 2. The highest BCUT2D eigenvalue weighted by Gasteiger charge is 2.36. The minimum absolute atomic E-state index is 0.0668. The number of ether oxygens (including phenoxy) is 2. The van der Waals surface area contributed by atoms with Gasteiger partial charge < -0.3 is 24.9 Å². The molecule has 37 heavy (non-hydrogen) atoms. The second-order valence-corrected chi connectivity index (χ2v) is 10.9. The molecular weight excluding hydrogens is 470 g/mol. The molecule has 5 rings (SSSR count). The van der Waals surface area contributed by atoms with Crippen molar-refractivity contribution in [2.24, 2.45) is 5.73 Å². The highest BCUT2D eigenvalue weighted by molar-refractivity contribution is 5.90. The molecular formula is C29H33N3O5. The second kappa shape index (κ2) is 10.0. The van der Waals surface area contributed by atoms with Crippen molar-refractivity contribution < 1.29 is 23.5 Å². The minimum atomic E-state index is -0.586. The molecule has 194 valence electrons. The van der Waals surface area contributed by atoms with Crippen LogP contribution in [-0.2, 0) is 34.5 Å². The number of amides is 2. The second-order valence-electron chi connectivity index (χ2n) is 10.9. The molecule has 3 N–H and O–H groups in total. The summed E-state index contributed by atoms with van der Waals surface area (Å²) in [5.74, 6) is 1.66. The van der Waals surface area contributed by atoms with Crippen LogP contribution in [0.25, 0.3) is 0 Å². The summed E-state index contributed by atoms with van der Waals surface area (Å²) in [6.45, 7) is 8.31. The molecule has 3 heterocycles. The Kier molecular flexibility index (Phi) is 6.79. The zero-order chi connectivity index (χ0) is 26.2. The van der Waals surface area contributed by atoms with Gasteiger partial charge in [-0.1, -0.05) is 45.0 Å². The van der Waals surface area contributed by atoms with Gasteiger partial charge in [-0.2, -0.15) is 0 Å². The lowest BCUT2D eigenvalue weighted by Gasteiger charge is -2.21. The molecule has 2 aliphatic rings. The van der Waals surface area contributed by atoms with Gasteiger partial charge in [-0.25, -0.2) is 0 Å². The Morgan fingerprint density at radius 1 is 1.05 bits per heavy atom. The number of rotatable bonds is 3. The van der Waals surface area contributed by atoms with Crippen molar-refractivity contribution >= 4 is 11.8 Å². The highest BCUT2D eigenvalue weighted by Crippen LogP contribution is 2.31. The van der Waals surface area contributed by atoms with Gasteiger partial charge in [0.2, 0.25) is 5.91 Å². The lowest BCUT2D eigenvalue weighted by molar-refractivity contribution is -0.122. The van der Waals surface area contributed by atoms with Gasteiger partial charge in [-0.05, 0) is 41.5 Å². The van der Waals surface area contributed by atoms with Crippen LogP contribution in [0.4, 0.5) is 0 Å². The van der Waals surface area contributed by atoms with E-state index in [1.807, 2.05) is 69.3 Å². The van der Waals surface area contributed by atoms with E-state index in [-0.39, 0.29) is 35.6 Å². The van der Waals surface area contributed by atoms with Crippen LogP contribution in [0.5, 0.6) is 11.5 Å². The molecule has 1 saturated heterocycles. The van der Waals surface area contributed by atoms with Crippen molar-refractivity contribution in [1.82, 2.24) is 10.2 Å². The van der Waals surface area contributed by atoms with Crippen molar-refractivity contribution in [2.45, 2.75) is 57.9 Å². The third-order valence-electron chi connectivity index (χ3n) is 6.68. The van der Waals surface area contributed by atoms with E-state index in [4.69, 9.17) is 19.6 Å². The third-order valence-corrected chi connectivity index (χ3v) is 6.68. The number of furan rings is 1. The van der Waals surface area contributed by atoms with Crippen molar-refractivity contribution in [2.75, 3.05) is 13.1 Å². The lowest BCUT2D eigenvalue weighted by Crippen LogP contribution is -2.44. The van der Waals surface area contributed by atoms with Gasteiger partial charge in [-0.15, -0.1) is 0 Å². The molecule has 0 saturated carbocycles. The maximum Gasteiger partial charge on any atom is 0.284 e. The number of fused-ring (bicyclic) bond motifs is 5. The van der Waals surface area contributed by atoms with Crippen LogP contribution in [0.2, 0.25) is 0 Å². The Bertz CT molecular complexity index is 1310. The highest BCUT2D eigenvalue weighted by atomic mass is 16.5. The van der Waals surface area contributed by atoms with E-state index in [0.717, 1.165) is 28.2 Å². The quantitative estimate of drug-likeness (QED) is 0.561. The molecule has 1 fully saturated rings. The van der Waals surface area contributed by atoms with Crippen LogP contribution in [0.3, 0.4) is 0 Å². The molecule has 3 aromatic rings. The maximum atomic E-state index is 13.0. The van der Waals surface area contributed by atoms with E-state index < -0.39 is 5.91 Å². The number of hydrogen-bond donors (Lipinski definition) is 2. The minimum Gasteiger partial charge on any atom is -0.457 e. The fraction of sp³-hybridized carbons (Fsp3) is 0.379. The molecule has 2 atom stereocenters. The van der Waals surface area contributed by atoms with E-state index in [0.29, 0.717) is 32.0 Å². The van der Waals surface area contributed by atoms with Gasteiger partial charge in [0.15, 0.2) is 5.76 Å². The average molecular weight is 504 g/mol. The molecule has 2 aromatic carbocycles. The molecule has 2 aliphatic heterocycles. The molecule has 8 heteroatoms. The van der Waals surface area contributed by atoms with Gasteiger partial charge in [0.25, 0.3) is 5.91 Å². The van der Waals surface area contributed by atoms with Crippen molar-refractivity contribution in [1.29, 1.82) is 0 Å². The predicted octanol–water partition coefficient (Wildman–Crippen LogP) is 3.91. The molecule has 4 bridgehead atoms. The summed E-state index contributed by atoms with van der Waals surface area (Å²) in [5, 5.41) is 3.19. The Morgan fingerprint density at radius 3 is 2.46 bits per heavy atom. The van der Waals surface area contributed by atoms with Crippen LogP contribution >= 0.6 is 0 Å². The van der Waals surface area contributed by atoms with E-state index in [1.165, 1.54) is 0 Å². The number of nitrogens with one attached hydrogen (secondary N) is 1. The third kappa shape index (κ3) is 5.87. The largest absolute Gasteiger partial charge is 0.457 e. The van der Waals surface area contributed by atoms with E-state index in [1.54, 1.807) is 6.07 Å². The number of hydrogen-bond acceptors (Lipinski definition) is 6. The first-order valence-corrected chi connectivity index (χ1v) is 12.6. The first-order valence-electron chi connectivity index (χ1n) is 12.6. The molecule has 2 amide bonds. The number of carbonyl (C=O) groups is 2. The summed E-state index contributed by atoms with van der Waals surface area (Å²) in [7, 11) is 0. The molecule has 1 aromatic heterocycles. The standard InChI is InChI=1S/C29H33N3O5/c1-29(2,3)27-20(13-24(37-27)28(30)34)14-32-15-23-25(16-32)35-17-19-7-5-9-22(11-19)36-21-8-4-6-18(10-21)12-26(33)31-23/h4-11,13,23,25H,12,14-17H2,1-3H3,(H2,30,34)(H,31,33)/t23-,25-/m0/s1. The number of nitrogens with two attached hydrogens (primary N) is 1. The fourth-order valence-electron chi connectivity index (χ4n) is 5.03. The zero-order valence-corrected chi connectivity index (χ0v) is 21.5. The number of primary amides is 1. The summed E-state index contributed by atoms with van der Waals surface area (Å²) in [6.07, 6.45) is 0.0432. The summed E-state index contributed by atoms with van der Waals surface area (Å²) in [4.78, 5) is 27.0. The SMILES string of the molecule is CC(C)(C)c1oc(C(N)=O)cc1CN1C[C@@H]2NC(=O)Cc3cccc(c3)Oc3cccc(c3)CO[C@H]2C1. The summed E-state index contributed by atoms with van der Waals surface area (Å²) in [6, 6.07) is 17.0. The van der Waals surface area contributed by atoms with E-state index in [2.05, 4.69) is 10.2 Å². The van der Waals surface area contributed by atoms with Gasteiger partial charge in [0.1, 0.15) is 17.3 Å². The summed E-state index contributed by atoms with van der Waals surface area (Å²) >= 11 is 0. The molecule has 0 unspecified atom stereocenters. The summed E-state index contributed by atoms with van der Waals surface area (Å²) in [5.41, 5.74) is 7.99. The molecule has 8 nitrogen and oxygen atoms in total. The normalized spacial score (nSPS) is 20.5. The Balaban J connectivity index is 1.39. The van der Waals surface area contributed by atoms with E-state index >= 15 is 0 Å². The molecule has 0 spiro atoms. The van der Waals surface area contributed by atoms with Crippen molar-refractivity contribution in [3.63, 3.8) is 0 Å². The zero-order valence-electron chi connectivity index (χ0n) is 21.5. The van der Waals surface area contributed by atoms with E-state index in [9.17, 15) is 9.59 Å². The van der Waals surface area contributed by atoms with Crippen LogP contribution in [0.15, 0.2) is 59.0 Å². The number of likely N-dealkylation sites (tertiary alicyclic amines) is 1. The average Bonchev–Trinajstić information content (AvgIpc) is 3.42. The smallest absolute Gasteiger partial charge is 0.284 e. The number of nitrogens with zero attached hydrogens (tertiary/aromatic N) is 1. The first-order chi connectivity index (χ1) is 17.6. The Labute approximate surface area is 216 Å². The van der Waals surface area contributed by atoms with Gasteiger partial charge >= 0.3 is 0 Å².